The SMILES string of the molecule is CCCCN1CC(Oc2ccc(C(C)C)c3cn(C)nc23)C1. The van der Waals surface area contributed by atoms with E-state index in [0.717, 1.165) is 24.4 Å². The second-order valence-electron chi connectivity index (χ2n) is 6.73. The van der Waals surface area contributed by atoms with Gasteiger partial charge in [-0.05, 0) is 30.5 Å². The minimum absolute atomic E-state index is 0.312. The van der Waals surface area contributed by atoms with Gasteiger partial charge in [-0.3, -0.25) is 9.58 Å². The van der Waals surface area contributed by atoms with Crippen molar-refractivity contribution in [2.45, 2.75) is 45.6 Å². The lowest BCUT2D eigenvalue weighted by Gasteiger charge is -2.39. The predicted octanol–water partition coefficient (Wildman–Crippen LogP) is 3.56. The summed E-state index contributed by atoms with van der Waals surface area (Å²) in [5.74, 6) is 1.43. The molecule has 0 saturated carbocycles. The summed E-state index contributed by atoms with van der Waals surface area (Å²) in [6.45, 7) is 9.96. The fourth-order valence-corrected chi connectivity index (χ4v) is 3.16. The first-order valence-corrected chi connectivity index (χ1v) is 8.43. The highest BCUT2D eigenvalue weighted by Crippen LogP contribution is 2.32. The highest BCUT2D eigenvalue weighted by molar-refractivity contribution is 5.87. The lowest BCUT2D eigenvalue weighted by molar-refractivity contribution is 0.0202. The Labute approximate surface area is 133 Å². The van der Waals surface area contributed by atoms with Crippen molar-refractivity contribution < 1.29 is 4.74 Å². The van der Waals surface area contributed by atoms with Crippen LogP contribution in [0.2, 0.25) is 0 Å². The first kappa shape index (κ1) is 15.3. The Morgan fingerprint density at radius 2 is 2.09 bits per heavy atom. The zero-order chi connectivity index (χ0) is 15.7. The van der Waals surface area contributed by atoms with Crippen LogP contribution in [-0.2, 0) is 7.05 Å². The molecular weight excluding hydrogens is 274 g/mol. The van der Waals surface area contributed by atoms with E-state index in [1.807, 2.05) is 11.7 Å². The Bertz CT molecular complexity index is 641. The van der Waals surface area contributed by atoms with Crippen LogP contribution < -0.4 is 4.74 Å². The van der Waals surface area contributed by atoms with Crippen molar-refractivity contribution in [3.05, 3.63) is 23.9 Å². The molecule has 0 spiro atoms. The van der Waals surface area contributed by atoms with Crippen molar-refractivity contribution >= 4 is 10.9 Å². The lowest BCUT2D eigenvalue weighted by atomic mass is 9.99. The Hall–Kier alpha value is -1.55. The highest BCUT2D eigenvalue weighted by Gasteiger charge is 2.28. The van der Waals surface area contributed by atoms with Gasteiger partial charge in [0.1, 0.15) is 17.4 Å². The molecule has 4 nitrogen and oxygen atoms in total. The Morgan fingerprint density at radius 3 is 2.77 bits per heavy atom. The van der Waals surface area contributed by atoms with E-state index in [2.05, 4.69) is 49.1 Å². The lowest BCUT2D eigenvalue weighted by Crippen LogP contribution is -2.53. The van der Waals surface area contributed by atoms with Crippen LogP contribution in [0.15, 0.2) is 18.3 Å². The number of aromatic nitrogens is 2. The van der Waals surface area contributed by atoms with Crippen molar-refractivity contribution in [2.75, 3.05) is 19.6 Å². The molecule has 0 atom stereocenters. The van der Waals surface area contributed by atoms with E-state index in [1.165, 1.54) is 30.3 Å². The van der Waals surface area contributed by atoms with Crippen LogP contribution in [0.3, 0.4) is 0 Å². The highest BCUT2D eigenvalue weighted by atomic mass is 16.5. The van der Waals surface area contributed by atoms with E-state index < -0.39 is 0 Å². The topological polar surface area (TPSA) is 30.3 Å². The molecule has 22 heavy (non-hydrogen) atoms. The molecule has 2 heterocycles. The molecule has 1 aliphatic heterocycles. The van der Waals surface area contributed by atoms with Gasteiger partial charge in [0, 0.05) is 31.7 Å². The first-order chi connectivity index (χ1) is 10.6. The van der Waals surface area contributed by atoms with Crippen molar-refractivity contribution in [3.8, 4) is 5.75 Å². The molecule has 0 aliphatic carbocycles. The molecular formula is C18H27N3O. The van der Waals surface area contributed by atoms with Crippen molar-refractivity contribution in [1.29, 1.82) is 0 Å². The van der Waals surface area contributed by atoms with Gasteiger partial charge in [0.2, 0.25) is 0 Å². The van der Waals surface area contributed by atoms with Gasteiger partial charge >= 0.3 is 0 Å². The minimum atomic E-state index is 0.312. The molecule has 1 aromatic carbocycles. The maximum Gasteiger partial charge on any atom is 0.147 e. The fraction of sp³-hybridized carbons (Fsp3) is 0.611. The van der Waals surface area contributed by atoms with E-state index in [-0.39, 0.29) is 0 Å². The molecule has 3 rings (SSSR count). The van der Waals surface area contributed by atoms with Gasteiger partial charge in [-0.2, -0.15) is 5.10 Å². The van der Waals surface area contributed by atoms with Gasteiger partial charge in [-0.1, -0.05) is 33.3 Å². The van der Waals surface area contributed by atoms with E-state index >= 15 is 0 Å². The smallest absolute Gasteiger partial charge is 0.147 e. The molecule has 1 fully saturated rings. The Kier molecular flexibility index (Phi) is 4.39. The van der Waals surface area contributed by atoms with Crippen LogP contribution in [0.1, 0.15) is 45.1 Å². The van der Waals surface area contributed by atoms with Crippen LogP contribution in [0.5, 0.6) is 5.75 Å². The molecule has 0 N–H and O–H groups in total. The molecule has 1 saturated heterocycles. The van der Waals surface area contributed by atoms with Gasteiger partial charge in [0.25, 0.3) is 0 Å². The molecule has 0 amide bonds. The van der Waals surface area contributed by atoms with Gasteiger partial charge in [-0.25, -0.2) is 0 Å². The van der Waals surface area contributed by atoms with Crippen LogP contribution in [0, 0.1) is 0 Å². The number of nitrogens with zero attached hydrogens (tertiary/aromatic N) is 3. The molecule has 4 heteroatoms. The second-order valence-corrected chi connectivity index (χ2v) is 6.73. The third-order valence-electron chi connectivity index (χ3n) is 4.45. The molecule has 1 aromatic heterocycles. The van der Waals surface area contributed by atoms with E-state index in [1.54, 1.807) is 0 Å². The van der Waals surface area contributed by atoms with E-state index in [0.29, 0.717) is 12.0 Å². The second kappa shape index (κ2) is 6.29. The summed E-state index contributed by atoms with van der Waals surface area (Å²) in [4.78, 5) is 2.46. The normalized spacial score (nSPS) is 16.4. The van der Waals surface area contributed by atoms with Gasteiger partial charge in [0.15, 0.2) is 0 Å². The Balaban J connectivity index is 1.74. The standard InChI is InChI=1S/C18H27N3O/c1-5-6-9-21-10-14(11-21)22-17-8-7-15(13(2)3)16-12-20(4)19-18(16)17/h7-8,12-14H,5-6,9-11H2,1-4H3. The Morgan fingerprint density at radius 1 is 1.32 bits per heavy atom. The predicted molar refractivity (Wildman–Crippen MR) is 90.6 cm³/mol. The molecule has 2 aromatic rings. The van der Waals surface area contributed by atoms with Crippen LogP contribution in [0.4, 0.5) is 0 Å². The summed E-state index contributed by atoms with van der Waals surface area (Å²) in [6.07, 6.45) is 4.95. The summed E-state index contributed by atoms with van der Waals surface area (Å²) < 4.78 is 8.09. The first-order valence-electron chi connectivity index (χ1n) is 8.43. The van der Waals surface area contributed by atoms with Crippen LogP contribution >= 0.6 is 0 Å². The van der Waals surface area contributed by atoms with Crippen LogP contribution in [0.25, 0.3) is 10.9 Å². The molecule has 0 radical (unpaired) electrons. The zero-order valence-corrected chi connectivity index (χ0v) is 14.2. The summed E-state index contributed by atoms with van der Waals surface area (Å²) in [6, 6.07) is 4.29. The maximum absolute atomic E-state index is 6.20. The third kappa shape index (κ3) is 2.98. The largest absolute Gasteiger partial charge is 0.485 e. The number of fused-ring (bicyclic) bond motifs is 1. The number of hydrogen-bond acceptors (Lipinski definition) is 3. The fourth-order valence-electron chi connectivity index (χ4n) is 3.16. The number of likely N-dealkylation sites (tertiary alicyclic amines) is 1. The summed E-state index contributed by atoms with van der Waals surface area (Å²) in [7, 11) is 1.98. The molecule has 1 aliphatic rings. The van der Waals surface area contributed by atoms with E-state index in [4.69, 9.17) is 4.74 Å². The van der Waals surface area contributed by atoms with Gasteiger partial charge in [0.05, 0.1) is 0 Å². The minimum Gasteiger partial charge on any atom is -0.485 e. The molecule has 0 unspecified atom stereocenters. The van der Waals surface area contributed by atoms with Crippen molar-refractivity contribution in [1.82, 2.24) is 14.7 Å². The summed E-state index contributed by atoms with van der Waals surface area (Å²) in [5, 5.41) is 5.83. The molecule has 0 bridgehead atoms. The van der Waals surface area contributed by atoms with E-state index in [9.17, 15) is 0 Å². The monoisotopic (exact) mass is 301 g/mol. The third-order valence-corrected chi connectivity index (χ3v) is 4.45. The van der Waals surface area contributed by atoms with Crippen molar-refractivity contribution in [3.63, 3.8) is 0 Å². The molecule has 120 valence electrons. The number of benzene rings is 1. The average Bonchev–Trinajstić information content (AvgIpc) is 2.82. The number of rotatable bonds is 6. The maximum atomic E-state index is 6.20. The van der Waals surface area contributed by atoms with Crippen molar-refractivity contribution in [2.24, 2.45) is 7.05 Å². The van der Waals surface area contributed by atoms with Gasteiger partial charge < -0.3 is 4.74 Å². The number of ether oxygens (including phenoxy) is 1. The van der Waals surface area contributed by atoms with Gasteiger partial charge in [-0.15, -0.1) is 0 Å². The quantitative estimate of drug-likeness (QED) is 0.817. The summed E-state index contributed by atoms with van der Waals surface area (Å²) in [5.41, 5.74) is 2.34. The number of aryl methyl sites for hydroxylation is 1. The number of unbranched alkanes of at least 4 members (excludes halogenated alkanes) is 1. The van der Waals surface area contributed by atoms with Crippen LogP contribution in [-0.4, -0.2) is 40.4 Å². The average molecular weight is 301 g/mol. The summed E-state index contributed by atoms with van der Waals surface area (Å²) >= 11 is 0. The zero-order valence-electron chi connectivity index (χ0n) is 14.2. The number of hydrogen-bond donors (Lipinski definition) is 0.